The molecule has 25 heavy (non-hydrogen) atoms. The Balaban J connectivity index is 1.93. The molecule has 0 bridgehead atoms. The number of carbonyl (C=O) groups excluding carboxylic acids is 1. The summed E-state index contributed by atoms with van der Waals surface area (Å²) in [6.45, 7) is 4.88. The smallest absolute Gasteiger partial charge is 0.261 e. The molecule has 8 heteroatoms. The molecule has 3 aromatic rings. The fraction of sp³-hybridized carbons (Fsp3) is 0.294. The van der Waals surface area contributed by atoms with Crippen LogP contribution in [0.2, 0.25) is 0 Å². The van der Waals surface area contributed by atoms with Crippen molar-refractivity contribution in [2.75, 3.05) is 5.32 Å². The van der Waals surface area contributed by atoms with E-state index in [2.05, 4.69) is 29.2 Å². The number of amides is 1. The topological polar surface area (TPSA) is 84.7 Å². The van der Waals surface area contributed by atoms with Crippen LogP contribution in [0.1, 0.15) is 24.2 Å². The highest BCUT2D eigenvalue weighted by atomic mass is 32.1. The van der Waals surface area contributed by atoms with Gasteiger partial charge in [0.1, 0.15) is 5.82 Å². The van der Waals surface area contributed by atoms with E-state index in [9.17, 15) is 9.59 Å². The quantitative estimate of drug-likeness (QED) is 0.703. The number of aromatic amines is 1. The van der Waals surface area contributed by atoms with Crippen molar-refractivity contribution in [3.63, 3.8) is 0 Å². The largest absolute Gasteiger partial charge is 0.332 e. The highest BCUT2D eigenvalue weighted by molar-refractivity contribution is 7.71. The first-order valence-corrected chi connectivity index (χ1v) is 8.34. The standard InChI is InChI=1S/C17H19N5O2S/c1-10(2)9-22-14(6-7-18-22)20-15(23)11-4-5-12-13(8-11)19-17(25)21(3)16(12)24/h4-8,10H,9H2,1-3H3,(H,19,25)(H,20,23). The van der Waals surface area contributed by atoms with Crippen LogP contribution in [0, 0.1) is 10.7 Å². The van der Waals surface area contributed by atoms with Crippen LogP contribution in [-0.2, 0) is 13.6 Å². The lowest BCUT2D eigenvalue weighted by molar-refractivity contribution is 0.102. The Kier molecular flexibility index (Phi) is 4.54. The van der Waals surface area contributed by atoms with Gasteiger partial charge < -0.3 is 10.3 Å². The average Bonchev–Trinajstić information content (AvgIpc) is 2.98. The molecule has 130 valence electrons. The van der Waals surface area contributed by atoms with E-state index in [0.29, 0.717) is 39.5 Å². The molecule has 0 radical (unpaired) electrons. The Labute approximate surface area is 149 Å². The van der Waals surface area contributed by atoms with Crippen LogP contribution in [0.3, 0.4) is 0 Å². The van der Waals surface area contributed by atoms with Gasteiger partial charge in [-0.15, -0.1) is 0 Å². The van der Waals surface area contributed by atoms with Gasteiger partial charge in [-0.1, -0.05) is 13.8 Å². The molecule has 2 heterocycles. The Morgan fingerprint density at radius 1 is 1.36 bits per heavy atom. The SMILES string of the molecule is CC(C)Cn1nccc1NC(=O)c1ccc2c(=O)n(C)c(=S)[nH]c2c1. The number of H-pyrrole nitrogens is 1. The second-order valence-electron chi connectivity index (χ2n) is 6.30. The van der Waals surface area contributed by atoms with Gasteiger partial charge in [-0.25, -0.2) is 4.68 Å². The van der Waals surface area contributed by atoms with E-state index in [4.69, 9.17) is 12.2 Å². The van der Waals surface area contributed by atoms with E-state index in [1.54, 1.807) is 42.2 Å². The van der Waals surface area contributed by atoms with Crippen LogP contribution in [-0.4, -0.2) is 25.2 Å². The summed E-state index contributed by atoms with van der Waals surface area (Å²) in [5, 5.41) is 7.56. The molecule has 1 amide bonds. The third-order valence-electron chi connectivity index (χ3n) is 3.86. The molecule has 7 nitrogen and oxygen atoms in total. The second-order valence-corrected chi connectivity index (χ2v) is 6.69. The molecule has 2 aromatic heterocycles. The van der Waals surface area contributed by atoms with Crippen LogP contribution < -0.4 is 10.9 Å². The highest BCUT2D eigenvalue weighted by Gasteiger charge is 2.12. The fourth-order valence-electron chi connectivity index (χ4n) is 2.57. The van der Waals surface area contributed by atoms with Crippen molar-refractivity contribution in [1.29, 1.82) is 0 Å². The lowest BCUT2D eigenvalue weighted by Crippen LogP contribution is -2.20. The van der Waals surface area contributed by atoms with Gasteiger partial charge in [0.15, 0.2) is 4.77 Å². The van der Waals surface area contributed by atoms with Gasteiger partial charge in [0.05, 0.1) is 17.1 Å². The van der Waals surface area contributed by atoms with E-state index in [1.165, 1.54) is 4.57 Å². The lowest BCUT2D eigenvalue weighted by atomic mass is 10.1. The van der Waals surface area contributed by atoms with Gasteiger partial charge >= 0.3 is 0 Å². The van der Waals surface area contributed by atoms with E-state index < -0.39 is 0 Å². The normalized spacial score (nSPS) is 11.2. The number of fused-ring (bicyclic) bond motifs is 1. The number of hydrogen-bond donors (Lipinski definition) is 2. The van der Waals surface area contributed by atoms with Crippen LogP contribution in [0.15, 0.2) is 35.3 Å². The Morgan fingerprint density at radius 3 is 2.84 bits per heavy atom. The molecule has 0 saturated carbocycles. The number of aromatic nitrogens is 4. The minimum absolute atomic E-state index is 0.194. The molecule has 0 aliphatic carbocycles. The van der Waals surface area contributed by atoms with Crippen molar-refractivity contribution >= 4 is 34.8 Å². The van der Waals surface area contributed by atoms with E-state index >= 15 is 0 Å². The number of benzene rings is 1. The van der Waals surface area contributed by atoms with Gasteiger partial charge in [-0.3, -0.25) is 14.2 Å². The zero-order valence-corrected chi connectivity index (χ0v) is 15.1. The van der Waals surface area contributed by atoms with Crippen molar-refractivity contribution in [1.82, 2.24) is 19.3 Å². The number of hydrogen-bond acceptors (Lipinski definition) is 4. The number of rotatable bonds is 4. The second kappa shape index (κ2) is 6.64. The molecule has 0 saturated heterocycles. The molecule has 0 aliphatic heterocycles. The first kappa shape index (κ1) is 17.1. The number of nitrogens with one attached hydrogen (secondary N) is 2. The maximum Gasteiger partial charge on any atom is 0.261 e. The van der Waals surface area contributed by atoms with Gasteiger partial charge in [-0.05, 0) is 36.3 Å². The summed E-state index contributed by atoms with van der Waals surface area (Å²) in [6.07, 6.45) is 1.65. The molecule has 0 aliphatic rings. The summed E-state index contributed by atoms with van der Waals surface area (Å²) < 4.78 is 3.43. The summed E-state index contributed by atoms with van der Waals surface area (Å²) in [4.78, 5) is 27.7. The summed E-state index contributed by atoms with van der Waals surface area (Å²) in [5.74, 6) is 0.774. The van der Waals surface area contributed by atoms with Gasteiger partial charge in [0, 0.05) is 25.2 Å². The predicted molar refractivity (Wildman–Crippen MR) is 99.4 cm³/mol. The maximum atomic E-state index is 12.6. The van der Waals surface area contributed by atoms with Crippen LogP contribution in [0.4, 0.5) is 5.82 Å². The molecule has 2 N–H and O–H groups in total. The number of anilines is 1. The molecule has 0 unspecified atom stereocenters. The molecule has 1 aromatic carbocycles. The Morgan fingerprint density at radius 2 is 2.12 bits per heavy atom. The summed E-state index contributed by atoms with van der Waals surface area (Å²) in [6, 6.07) is 6.64. The third-order valence-corrected chi connectivity index (χ3v) is 4.24. The maximum absolute atomic E-state index is 12.6. The zero-order valence-electron chi connectivity index (χ0n) is 14.2. The van der Waals surface area contributed by atoms with Gasteiger partial charge in [0.25, 0.3) is 11.5 Å². The monoisotopic (exact) mass is 357 g/mol. The fourth-order valence-corrected chi connectivity index (χ4v) is 2.76. The molecular formula is C17H19N5O2S. The molecule has 0 fully saturated rings. The van der Waals surface area contributed by atoms with Crippen molar-refractivity contribution in [2.24, 2.45) is 13.0 Å². The van der Waals surface area contributed by atoms with Crippen LogP contribution in [0.25, 0.3) is 10.9 Å². The summed E-state index contributed by atoms with van der Waals surface area (Å²) in [5.41, 5.74) is 0.779. The van der Waals surface area contributed by atoms with Crippen LogP contribution in [0.5, 0.6) is 0 Å². The lowest BCUT2D eigenvalue weighted by Gasteiger charge is -2.11. The Hall–Kier alpha value is -2.74. The van der Waals surface area contributed by atoms with Crippen molar-refractivity contribution in [3.8, 4) is 0 Å². The van der Waals surface area contributed by atoms with E-state index in [-0.39, 0.29) is 11.5 Å². The summed E-state index contributed by atoms with van der Waals surface area (Å²) in [7, 11) is 1.61. The van der Waals surface area contributed by atoms with Crippen molar-refractivity contribution in [3.05, 3.63) is 51.2 Å². The Bertz CT molecular complexity index is 1060. The number of carbonyl (C=O) groups is 1. The van der Waals surface area contributed by atoms with Crippen LogP contribution >= 0.6 is 12.2 Å². The zero-order chi connectivity index (χ0) is 18.1. The molecule has 0 spiro atoms. The minimum Gasteiger partial charge on any atom is -0.332 e. The van der Waals surface area contributed by atoms with E-state index in [1.807, 2.05) is 0 Å². The molecule has 0 atom stereocenters. The molecule has 3 rings (SSSR count). The van der Waals surface area contributed by atoms with Gasteiger partial charge in [-0.2, -0.15) is 5.10 Å². The first-order valence-electron chi connectivity index (χ1n) is 7.93. The minimum atomic E-state index is -0.271. The average molecular weight is 357 g/mol. The van der Waals surface area contributed by atoms with Crippen molar-refractivity contribution < 1.29 is 4.79 Å². The number of nitrogens with zero attached hydrogens (tertiary/aromatic N) is 3. The first-order chi connectivity index (χ1) is 11.9. The summed E-state index contributed by atoms with van der Waals surface area (Å²) >= 11 is 5.12. The van der Waals surface area contributed by atoms with Gasteiger partial charge in [0.2, 0.25) is 0 Å². The highest BCUT2D eigenvalue weighted by Crippen LogP contribution is 2.14. The predicted octanol–water partition coefficient (Wildman–Crippen LogP) is 2.70. The third kappa shape index (κ3) is 3.39. The van der Waals surface area contributed by atoms with Crippen molar-refractivity contribution in [2.45, 2.75) is 20.4 Å². The molecular weight excluding hydrogens is 338 g/mol. The van der Waals surface area contributed by atoms with E-state index in [0.717, 1.165) is 0 Å².